The Labute approximate surface area is 159 Å². The number of hydrogen-bond donors (Lipinski definition) is 0. The molecule has 1 aliphatic carbocycles. The van der Waals surface area contributed by atoms with E-state index in [0.717, 1.165) is 6.42 Å². The summed E-state index contributed by atoms with van der Waals surface area (Å²) in [6, 6.07) is -0.119. The molecule has 6 nitrogen and oxygen atoms in total. The highest BCUT2D eigenvalue weighted by molar-refractivity contribution is 6.74. The summed E-state index contributed by atoms with van der Waals surface area (Å²) in [6.45, 7) is 15.8. The van der Waals surface area contributed by atoms with Gasteiger partial charge in [0.2, 0.25) is 0 Å². The van der Waals surface area contributed by atoms with E-state index >= 15 is 0 Å². The third-order valence-corrected chi connectivity index (χ3v) is 9.59. The fourth-order valence-corrected chi connectivity index (χ4v) is 3.64. The van der Waals surface area contributed by atoms with Crippen LogP contribution in [0.25, 0.3) is 0 Å². The van der Waals surface area contributed by atoms with Crippen molar-refractivity contribution in [1.29, 1.82) is 0 Å². The number of esters is 1. The quantitative estimate of drug-likeness (QED) is 0.272. The second-order valence-electron chi connectivity index (χ2n) is 8.19. The highest BCUT2D eigenvalue weighted by atomic mass is 28.4. The first kappa shape index (κ1) is 22.7. The van der Waals surface area contributed by atoms with Gasteiger partial charge in [-0.15, -0.1) is 0 Å². The van der Waals surface area contributed by atoms with Crippen molar-refractivity contribution in [2.24, 2.45) is 0 Å². The average molecular weight is 386 g/mol. The second kappa shape index (κ2) is 9.55. The molecular weight excluding hydrogens is 350 g/mol. The van der Waals surface area contributed by atoms with Gasteiger partial charge in [0.15, 0.2) is 8.32 Å². The topological polar surface area (TPSA) is 65.1 Å². The van der Waals surface area contributed by atoms with Gasteiger partial charge in [0.05, 0.1) is 12.6 Å². The zero-order valence-corrected chi connectivity index (χ0v) is 18.3. The molecule has 0 aromatic carbocycles. The third-order valence-electron chi connectivity index (χ3n) is 5.05. The molecule has 0 spiro atoms. The number of carbonyl (C=O) groups is 2. The van der Waals surface area contributed by atoms with Crippen LogP contribution < -0.4 is 0 Å². The van der Waals surface area contributed by atoms with Gasteiger partial charge >= 0.3 is 12.1 Å². The van der Waals surface area contributed by atoms with Gasteiger partial charge in [-0.3, -0.25) is 4.79 Å². The molecule has 26 heavy (non-hydrogen) atoms. The predicted molar refractivity (Wildman–Crippen MR) is 105 cm³/mol. The molecule has 0 saturated heterocycles. The van der Waals surface area contributed by atoms with E-state index in [1.165, 1.54) is 6.92 Å². The van der Waals surface area contributed by atoms with E-state index in [-0.39, 0.29) is 29.2 Å². The Morgan fingerprint density at radius 3 is 2.42 bits per heavy atom. The zero-order valence-electron chi connectivity index (χ0n) is 17.3. The Morgan fingerprint density at radius 2 is 1.88 bits per heavy atom. The maximum Gasteiger partial charge on any atom is 0.410 e. The van der Waals surface area contributed by atoms with Gasteiger partial charge in [0, 0.05) is 26.5 Å². The molecule has 1 aliphatic rings. The monoisotopic (exact) mass is 385 g/mol. The lowest BCUT2D eigenvalue weighted by Gasteiger charge is -2.36. The van der Waals surface area contributed by atoms with E-state index in [4.69, 9.17) is 13.9 Å². The van der Waals surface area contributed by atoms with Crippen molar-refractivity contribution in [3.8, 4) is 0 Å². The Bertz CT molecular complexity index is 513. The summed E-state index contributed by atoms with van der Waals surface area (Å²) in [6.07, 6.45) is 4.45. The number of ether oxygens (including phenoxy) is 2. The van der Waals surface area contributed by atoms with E-state index in [9.17, 15) is 9.59 Å². The molecule has 0 aromatic rings. The molecule has 0 N–H and O–H groups in total. The van der Waals surface area contributed by atoms with Crippen LogP contribution in [0.4, 0.5) is 4.79 Å². The predicted octanol–water partition coefficient (Wildman–Crippen LogP) is 4.12. The zero-order chi connectivity index (χ0) is 20.0. The average Bonchev–Trinajstić information content (AvgIpc) is 2.93. The van der Waals surface area contributed by atoms with Crippen molar-refractivity contribution in [3.05, 3.63) is 12.2 Å². The van der Waals surface area contributed by atoms with Crippen molar-refractivity contribution in [2.75, 3.05) is 19.8 Å². The lowest BCUT2D eigenvalue weighted by molar-refractivity contribution is -0.144. The molecule has 0 heterocycles. The lowest BCUT2D eigenvalue weighted by Crippen LogP contribution is -2.43. The molecule has 0 fully saturated rings. The first-order chi connectivity index (χ1) is 12.0. The van der Waals surface area contributed by atoms with Crippen molar-refractivity contribution < 1.29 is 23.5 Å². The summed E-state index contributed by atoms with van der Waals surface area (Å²) in [5.41, 5.74) is 0. The molecule has 0 radical (unpaired) electrons. The molecule has 0 unspecified atom stereocenters. The van der Waals surface area contributed by atoms with Crippen LogP contribution in [0.5, 0.6) is 0 Å². The highest BCUT2D eigenvalue weighted by Crippen LogP contribution is 2.36. The normalized spacial score (nSPS) is 20.1. The molecule has 0 saturated carbocycles. The standard InChI is InChI=1S/C19H35NO5Si/c1-8-23-18(22)20(16-10-11-17(14-16)25-15(2)21)12-9-13-24-26(6,7)19(3,4)5/h10-11,16-17H,8-9,12-14H2,1-7H3/t16-,17+/m1/s1. The second-order valence-corrected chi connectivity index (χ2v) is 13.0. The fraction of sp³-hybridized carbons (Fsp3) is 0.789. The number of amides is 1. The summed E-state index contributed by atoms with van der Waals surface area (Å²) >= 11 is 0. The van der Waals surface area contributed by atoms with Crippen LogP contribution in [0.2, 0.25) is 18.1 Å². The van der Waals surface area contributed by atoms with Crippen molar-refractivity contribution in [2.45, 2.75) is 77.7 Å². The summed E-state index contributed by atoms with van der Waals surface area (Å²) in [7, 11) is -1.79. The Hall–Kier alpha value is -1.34. The molecule has 1 rings (SSSR count). The van der Waals surface area contributed by atoms with Crippen LogP contribution in [0.1, 0.15) is 47.5 Å². The van der Waals surface area contributed by atoms with E-state index in [2.05, 4.69) is 33.9 Å². The van der Waals surface area contributed by atoms with Crippen LogP contribution in [0.15, 0.2) is 12.2 Å². The van der Waals surface area contributed by atoms with Crippen molar-refractivity contribution >= 4 is 20.4 Å². The van der Waals surface area contributed by atoms with E-state index in [1.54, 1.807) is 11.8 Å². The van der Waals surface area contributed by atoms with Crippen LogP contribution in [-0.4, -0.2) is 57.2 Å². The number of carbonyl (C=O) groups excluding carboxylic acids is 2. The smallest absolute Gasteiger partial charge is 0.410 e. The van der Waals surface area contributed by atoms with Gasteiger partial charge in [-0.25, -0.2) is 4.79 Å². The Kier molecular flexibility index (Phi) is 8.34. The Balaban J connectivity index is 2.59. The first-order valence-corrected chi connectivity index (χ1v) is 12.3. The van der Waals surface area contributed by atoms with E-state index in [1.807, 2.05) is 12.2 Å². The van der Waals surface area contributed by atoms with Gasteiger partial charge < -0.3 is 18.8 Å². The molecule has 2 atom stereocenters. The number of nitrogens with zero attached hydrogens (tertiary/aromatic N) is 1. The van der Waals surface area contributed by atoms with Crippen LogP contribution in [-0.2, 0) is 18.7 Å². The molecular formula is C19H35NO5Si. The molecule has 0 aliphatic heterocycles. The maximum atomic E-state index is 12.3. The minimum absolute atomic E-state index is 0.119. The maximum absolute atomic E-state index is 12.3. The van der Waals surface area contributed by atoms with Crippen LogP contribution in [0.3, 0.4) is 0 Å². The number of hydrogen-bond acceptors (Lipinski definition) is 5. The highest BCUT2D eigenvalue weighted by Gasteiger charge is 2.37. The Morgan fingerprint density at radius 1 is 1.23 bits per heavy atom. The third kappa shape index (κ3) is 6.76. The van der Waals surface area contributed by atoms with E-state index < -0.39 is 8.32 Å². The summed E-state index contributed by atoms with van der Waals surface area (Å²) in [5.74, 6) is -0.314. The van der Waals surface area contributed by atoms with Gasteiger partial charge in [0.25, 0.3) is 0 Å². The van der Waals surface area contributed by atoms with Gasteiger partial charge in [-0.1, -0.05) is 26.8 Å². The minimum atomic E-state index is -1.79. The largest absolute Gasteiger partial charge is 0.458 e. The van der Waals surface area contributed by atoms with Gasteiger partial charge in [0.1, 0.15) is 6.10 Å². The first-order valence-electron chi connectivity index (χ1n) is 9.41. The molecule has 0 bridgehead atoms. The van der Waals surface area contributed by atoms with Crippen molar-refractivity contribution in [3.63, 3.8) is 0 Å². The van der Waals surface area contributed by atoms with Crippen LogP contribution >= 0.6 is 0 Å². The summed E-state index contributed by atoms with van der Waals surface area (Å²) in [5, 5.41) is 0.166. The minimum Gasteiger partial charge on any atom is -0.458 e. The van der Waals surface area contributed by atoms with Gasteiger partial charge in [-0.2, -0.15) is 0 Å². The molecule has 1 amide bonds. The summed E-state index contributed by atoms with van der Waals surface area (Å²) < 4.78 is 16.6. The SMILES string of the molecule is CCOC(=O)N(CCCO[Si](C)(C)C(C)(C)C)[C@@H]1C=C[C@H](OC(C)=O)C1. The molecule has 7 heteroatoms. The van der Waals surface area contributed by atoms with Gasteiger partial charge in [-0.05, 0) is 37.6 Å². The molecule has 150 valence electrons. The molecule has 0 aromatic heterocycles. The fourth-order valence-electron chi connectivity index (χ4n) is 2.56. The summed E-state index contributed by atoms with van der Waals surface area (Å²) in [4.78, 5) is 25.2. The number of rotatable bonds is 8. The lowest BCUT2D eigenvalue weighted by atomic mass is 10.2. The van der Waals surface area contributed by atoms with Crippen molar-refractivity contribution in [1.82, 2.24) is 4.90 Å². The van der Waals surface area contributed by atoms with Crippen LogP contribution in [0, 0.1) is 0 Å². The van der Waals surface area contributed by atoms with E-state index in [0.29, 0.717) is 26.2 Å².